The van der Waals surface area contributed by atoms with Crippen LogP contribution in [-0.4, -0.2) is 4.98 Å². The number of rotatable bonds is 3. The molecule has 9 aromatic rings. The number of aromatic nitrogens is 1. The molecule has 0 aliphatic heterocycles. The second kappa shape index (κ2) is 11.2. The van der Waals surface area contributed by atoms with Crippen molar-refractivity contribution in [3.63, 3.8) is 0 Å². The Bertz CT molecular complexity index is 2810. The lowest BCUT2D eigenvalue weighted by Gasteiger charge is -2.46. The van der Waals surface area contributed by atoms with Gasteiger partial charge in [0.05, 0.1) is 16.8 Å². The maximum Gasteiger partial charge on any atom is 0.0720 e. The van der Waals surface area contributed by atoms with E-state index in [1.165, 1.54) is 75.8 Å². The van der Waals surface area contributed by atoms with Crippen molar-refractivity contribution in [1.29, 1.82) is 0 Å². The number of pyridine rings is 1. The lowest BCUT2D eigenvalue weighted by Crippen LogP contribution is -2.40. The Morgan fingerprint density at radius 2 is 0.981 bits per heavy atom. The second-order valence-electron chi connectivity index (χ2n) is 15.0. The first-order valence-corrected chi connectivity index (χ1v) is 19.3. The van der Waals surface area contributed by atoms with E-state index in [0.717, 1.165) is 22.5 Å². The predicted molar refractivity (Wildman–Crippen MR) is 223 cm³/mol. The Kier molecular flexibility index (Phi) is 6.45. The van der Waals surface area contributed by atoms with Crippen molar-refractivity contribution in [2.24, 2.45) is 0 Å². The van der Waals surface area contributed by atoms with E-state index >= 15 is 0 Å². The summed E-state index contributed by atoms with van der Waals surface area (Å²) in [6.07, 6.45) is 0. The molecule has 2 aliphatic carbocycles. The Morgan fingerprint density at radius 1 is 0.415 bits per heavy atom. The molecular weight excluding hydrogens is 659 g/mol. The highest BCUT2D eigenvalue weighted by atomic mass is 32.1. The molecule has 0 saturated heterocycles. The van der Waals surface area contributed by atoms with Gasteiger partial charge >= 0.3 is 0 Å². The van der Waals surface area contributed by atoms with E-state index in [9.17, 15) is 0 Å². The van der Waals surface area contributed by atoms with Gasteiger partial charge in [-0.25, -0.2) is 4.98 Å². The van der Waals surface area contributed by atoms with E-state index in [-0.39, 0.29) is 10.8 Å². The van der Waals surface area contributed by atoms with Crippen molar-refractivity contribution in [3.05, 3.63) is 209 Å². The smallest absolute Gasteiger partial charge is 0.0720 e. The van der Waals surface area contributed by atoms with E-state index in [1.807, 2.05) is 11.3 Å². The molecule has 0 unspecified atom stereocenters. The minimum absolute atomic E-state index is 0.205. The highest BCUT2D eigenvalue weighted by Crippen LogP contribution is 2.63. The monoisotopic (exact) mass is 693 g/mol. The topological polar surface area (TPSA) is 12.9 Å². The van der Waals surface area contributed by atoms with E-state index in [2.05, 4.69) is 190 Å². The second-order valence-corrected chi connectivity index (χ2v) is 16.1. The maximum absolute atomic E-state index is 5.28. The van der Waals surface area contributed by atoms with Crippen molar-refractivity contribution < 1.29 is 0 Å². The zero-order chi connectivity index (χ0) is 35.3. The summed E-state index contributed by atoms with van der Waals surface area (Å²) < 4.78 is 2.68. The largest absolute Gasteiger partial charge is 0.248 e. The fraction of sp³-hybridized carbons (Fsp3) is 0.0784. The third-order valence-electron chi connectivity index (χ3n) is 11.9. The van der Waals surface area contributed by atoms with Crippen LogP contribution in [0.2, 0.25) is 0 Å². The summed E-state index contributed by atoms with van der Waals surface area (Å²) in [7, 11) is 0. The van der Waals surface area contributed by atoms with Crippen LogP contribution in [0.25, 0.3) is 64.9 Å². The van der Waals surface area contributed by atoms with E-state index in [0.29, 0.717) is 0 Å². The molecule has 0 fully saturated rings. The highest BCUT2D eigenvalue weighted by Gasteiger charge is 2.53. The molecule has 2 aliphatic rings. The van der Waals surface area contributed by atoms with Gasteiger partial charge in [-0.1, -0.05) is 166 Å². The number of thiophene rings is 1. The van der Waals surface area contributed by atoms with Gasteiger partial charge in [0.2, 0.25) is 0 Å². The van der Waals surface area contributed by atoms with E-state index in [1.54, 1.807) is 0 Å². The van der Waals surface area contributed by atoms with Gasteiger partial charge in [-0.15, -0.1) is 11.3 Å². The summed E-state index contributed by atoms with van der Waals surface area (Å²) in [5, 5.41) is 2.60. The number of hydrogen-bond acceptors (Lipinski definition) is 2. The summed E-state index contributed by atoms with van der Waals surface area (Å²) in [4.78, 5) is 5.28. The fourth-order valence-corrected chi connectivity index (χ4v) is 11.0. The summed E-state index contributed by atoms with van der Waals surface area (Å²) in [5.74, 6) is 0. The maximum atomic E-state index is 5.28. The van der Waals surface area contributed by atoms with Gasteiger partial charge in [-0.2, -0.15) is 0 Å². The van der Waals surface area contributed by atoms with Crippen LogP contribution >= 0.6 is 11.3 Å². The molecular formula is C51H35NS. The molecule has 0 amide bonds. The van der Waals surface area contributed by atoms with Crippen LogP contribution in [0.4, 0.5) is 0 Å². The summed E-state index contributed by atoms with van der Waals surface area (Å²) in [6.45, 7) is 4.87. The third-order valence-corrected chi connectivity index (χ3v) is 13.1. The van der Waals surface area contributed by atoms with Crippen LogP contribution in [0.1, 0.15) is 47.2 Å². The molecule has 0 N–H and O–H groups in total. The van der Waals surface area contributed by atoms with Gasteiger partial charge in [0.1, 0.15) is 0 Å². The van der Waals surface area contributed by atoms with Crippen LogP contribution < -0.4 is 0 Å². The number of fused-ring (bicyclic) bond motifs is 13. The minimum atomic E-state index is -0.389. The summed E-state index contributed by atoms with van der Waals surface area (Å²) in [5.41, 5.74) is 17.1. The fourth-order valence-electron chi connectivity index (χ4n) is 9.62. The molecule has 1 spiro atoms. The molecule has 2 aromatic heterocycles. The Labute approximate surface area is 313 Å². The molecule has 0 radical (unpaired) electrons. The average molecular weight is 694 g/mol. The van der Waals surface area contributed by atoms with Gasteiger partial charge in [0.15, 0.2) is 0 Å². The standard InChI is InChI=1S/C51H35NS/c1-50(2)42-23-13-14-24-43(42)51(40-21-11-9-19-36(40)37-20-10-12-22-41(37)51)44-27-26-38-39-29-34(25-28-47(39)53-49(38)48(44)50)46-31-35(32-15-5-3-6-16-32)30-45(52-46)33-17-7-4-8-18-33/h3-31H,1-2H3. The molecule has 7 aromatic carbocycles. The Balaban J connectivity index is 1.17. The zero-order valence-electron chi connectivity index (χ0n) is 29.6. The highest BCUT2D eigenvalue weighted by molar-refractivity contribution is 7.26. The zero-order valence-corrected chi connectivity index (χ0v) is 30.4. The Morgan fingerprint density at radius 3 is 1.66 bits per heavy atom. The minimum Gasteiger partial charge on any atom is -0.248 e. The molecule has 2 heterocycles. The van der Waals surface area contributed by atoms with Crippen molar-refractivity contribution in [1.82, 2.24) is 4.98 Å². The normalized spacial score (nSPS) is 14.5. The lowest BCUT2D eigenvalue weighted by molar-refractivity contribution is 0.569. The molecule has 0 saturated carbocycles. The molecule has 250 valence electrons. The molecule has 0 atom stereocenters. The van der Waals surface area contributed by atoms with E-state index in [4.69, 9.17) is 4.98 Å². The molecule has 2 heteroatoms. The quantitative estimate of drug-likeness (QED) is 0.179. The van der Waals surface area contributed by atoms with Crippen molar-refractivity contribution >= 4 is 31.5 Å². The van der Waals surface area contributed by atoms with E-state index < -0.39 is 0 Å². The van der Waals surface area contributed by atoms with Crippen LogP contribution in [0, 0.1) is 0 Å². The molecule has 53 heavy (non-hydrogen) atoms. The van der Waals surface area contributed by atoms with Crippen molar-refractivity contribution in [2.45, 2.75) is 24.7 Å². The third kappa shape index (κ3) is 4.22. The van der Waals surface area contributed by atoms with Crippen LogP contribution in [-0.2, 0) is 10.8 Å². The van der Waals surface area contributed by atoms with Gasteiger partial charge in [0, 0.05) is 36.7 Å². The SMILES string of the molecule is CC1(C)c2ccccc2C2(c3ccccc3-c3ccccc32)c2ccc3c(sc4ccc(-c5cc(-c6ccccc6)cc(-c6ccccc6)n5)cc43)c21. The molecule has 11 rings (SSSR count). The van der Waals surface area contributed by atoms with Gasteiger partial charge in [-0.3, -0.25) is 0 Å². The number of benzene rings is 7. The first-order chi connectivity index (χ1) is 26.0. The van der Waals surface area contributed by atoms with Gasteiger partial charge < -0.3 is 0 Å². The van der Waals surface area contributed by atoms with Gasteiger partial charge in [-0.05, 0) is 79.9 Å². The first-order valence-electron chi connectivity index (χ1n) is 18.5. The van der Waals surface area contributed by atoms with Crippen LogP contribution in [0.5, 0.6) is 0 Å². The number of hydrogen-bond donors (Lipinski definition) is 0. The lowest BCUT2D eigenvalue weighted by atomic mass is 9.55. The summed E-state index contributed by atoms with van der Waals surface area (Å²) in [6, 6.07) is 64.9. The van der Waals surface area contributed by atoms with Crippen LogP contribution in [0.15, 0.2) is 176 Å². The van der Waals surface area contributed by atoms with Crippen molar-refractivity contribution in [3.8, 4) is 44.8 Å². The molecule has 0 bridgehead atoms. The molecule has 1 nitrogen and oxygen atoms in total. The van der Waals surface area contributed by atoms with Gasteiger partial charge in [0.25, 0.3) is 0 Å². The summed E-state index contributed by atoms with van der Waals surface area (Å²) >= 11 is 1.94. The first kappa shape index (κ1) is 30.5. The Hall–Kier alpha value is -6.09. The van der Waals surface area contributed by atoms with Crippen LogP contribution in [0.3, 0.4) is 0 Å². The van der Waals surface area contributed by atoms with Crippen molar-refractivity contribution in [2.75, 3.05) is 0 Å². The predicted octanol–water partition coefficient (Wildman–Crippen LogP) is 13.5. The number of nitrogens with zero attached hydrogens (tertiary/aromatic N) is 1. The average Bonchev–Trinajstić information content (AvgIpc) is 3.74.